The first-order valence-electron chi connectivity index (χ1n) is 8.32. The predicted molar refractivity (Wildman–Crippen MR) is 98.0 cm³/mol. The first kappa shape index (κ1) is 18.4. The molecule has 1 aliphatic rings. The minimum absolute atomic E-state index is 0.116. The van der Waals surface area contributed by atoms with Crippen LogP contribution < -0.4 is 5.32 Å². The Hall–Kier alpha value is -1.93. The minimum Gasteiger partial charge on any atom is -0.342 e. The summed E-state index contributed by atoms with van der Waals surface area (Å²) < 4.78 is 0. The number of hydrogen-bond acceptors (Lipinski definition) is 3. The third kappa shape index (κ3) is 5.04. The molecule has 0 aromatic heterocycles. The second-order valence-corrected chi connectivity index (χ2v) is 6.99. The Morgan fingerprint density at radius 2 is 2.00 bits per heavy atom. The molecule has 0 heterocycles. The highest BCUT2D eigenvalue weighted by Crippen LogP contribution is 2.25. The lowest BCUT2D eigenvalue weighted by Gasteiger charge is -2.31. The van der Waals surface area contributed by atoms with Crippen molar-refractivity contribution in [3.63, 3.8) is 0 Å². The molecular weight excluding hydrogens is 320 g/mol. The Bertz CT molecular complexity index is 618. The highest BCUT2D eigenvalue weighted by Gasteiger charge is 2.22. The van der Waals surface area contributed by atoms with Gasteiger partial charge in [0.05, 0.1) is 17.9 Å². The molecule has 0 aliphatic heterocycles. The number of nitrogens with zero attached hydrogens (tertiary/aromatic N) is 1. The molecular formula is C19H24N2O2S. The SMILES string of the molecule is C#CCNC(=O)c1ccccc1SCC(=O)N(C)C1CCCCC1. The fourth-order valence-electron chi connectivity index (χ4n) is 2.92. The molecule has 24 heavy (non-hydrogen) atoms. The van der Waals surface area contributed by atoms with E-state index in [2.05, 4.69) is 11.2 Å². The highest BCUT2D eigenvalue weighted by molar-refractivity contribution is 8.00. The van der Waals surface area contributed by atoms with Crippen molar-refractivity contribution >= 4 is 23.6 Å². The van der Waals surface area contributed by atoms with Gasteiger partial charge < -0.3 is 10.2 Å². The first-order valence-corrected chi connectivity index (χ1v) is 9.31. The number of thioether (sulfide) groups is 1. The monoisotopic (exact) mass is 344 g/mol. The third-order valence-corrected chi connectivity index (χ3v) is 5.41. The van der Waals surface area contributed by atoms with Crippen molar-refractivity contribution in [3.05, 3.63) is 29.8 Å². The molecule has 0 bridgehead atoms. The average Bonchev–Trinajstić information content (AvgIpc) is 2.64. The van der Waals surface area contributed by atoms with Crippen LogP contribution in [0, 0.1) is 12.3 Å². The number of rotatable bonds is 6. The molecule has 1 aromatic carbocycles. The van der Waals surface area contributed by atoms with Crippen molar-refractivity contribution in [1.29, 1.82) is 0 Å². The van der Waals surface area contributed by atoms with E-state index in [4.69, 9.17) is 6.42 Å². The van der Waals surface area contributed by atoms with E-state index in [0.717, 1.165) is 17.7 Å². The molecule has 2 rings (SSSR count). The number of carbonyl (C=O) groups is 2. The number of carbonyl (C=O) groups excluding carboxylic acids is 2. The van der Waals surface area contributed by atoms with Gasteiger partial charge in [0.25, 0.3) is 5.91 Å². The molecule has 1 aliphatic carbocycles. The number of nitrogens with one attached hydrogen (secondary N) is 1. The maximum absolute atomic E-state index is 12.4. The number of hydrogen-bond donors (Lipinski definition) is 1. The molecule has 0 spiro atoms. The standard InChI is InChI=1S/C19H24N2O2S/c1-3-13-20-19(23)16-11-7-8-12-17(16)24-14-18(22)21(2)15-9-5-4-6-10-15/h1,7-8,11-12,15H,4-6,9-10,13-14H2,2H3,(H,20,23). The Labute approximate surface area is 148 Å². The maximum atomic E-state index is 12.4. The molecule has 128 valence electrons. The van der Waals surface area contributed by atoms with Crippen LogP contribution >= 0.6 is 11.8 Å². The third-order valence-electron chi connectivity index (χ3n) is 4.35. The first-order chi connectivity index (χ1) is 11.6. The summed E-state index contributed by atoms with van der Waals surface area (Å²) in [6.45, 7) is 0.196. The molecule has 1 fully saturated rings. The molecule has 1 saturated carbocycles. The van der Waals surface area contributed by atoms with Gasteiger partial charge in [0.1, 0.15) is 0 Å². The molecule has 0 saturated heterocycles. The predicted octanol–water partition coefficient (Wildman–Crippen LogP) is 2.93. The summed E-state index contributed by atoms with van der Waals surface area (Å²) in [4.78, 5) is 27.3. The lowest BCUT2D eigenvalue weighted by atomic mass is 9.94. The van der Waals surface area contributed by atoms with E-state index >= 15 is 0 Å². The zero-order valence-electron chi connectivity index (χ0n) is 14.1. The Morgan fingerprint density at radius 3 is 2.71 bits per heavy atom. The molecule has 0 unspecified atom stereocenters. The van der Waals surface area contributed by atoms with E-state index in [-0.39, 0.29) is 18.4 Å². The van der Waals surface area contributed by atoms with Crippen LogP contribution in [0.1, 0.15) is 42.5 Å². The van der Waals surface area contributed by atoms with E-state index < -0.39 is 0 Å². The Morgan fingerprint density at radius 1 is 1.29 bits per heavy atom. The summed E-state index contributed by atoms with van der Waals surface area (Å²) in [6.07, 6.45) is 11.0. The van der Waals surface area contributed by atoms with Crippen LogP contribution in [-0.4, -0.2) is 42.1 Å². The van der Waals surface area contributed by atoms with E-state index in [1.165, 1.54) is 31.0 Å². The van der Waals surface area contributed by atoms with Crippen LogP contribution in [0.2, 0.25) is 0 Å². The summed E-state index contributed by atoms with van der Waals surface area (Å²) in [5.74, 6) is 2.64. The van der Waals surface area contributed by atoms with Crippen LogP contribution in [-0.2, 0) is 4.79 Å². The lowest BCUT2D eigenvalue weighted by Crippen LogP contribution is -2.39. The van der Waals surface area contributed by atoms with Gasteiger partial charge in [0.2, 0.25) is 5.91 Å². The van der Waals surface area contributed by atoms with Gasteiger partial charge in [-0.1, -0.05) is 37.3 Å². The van der Waals surface area contributed by atoms with E-state index in [9.17, 15) is 9.59 Å². The lowest BCUT2D eigenvalue weighted by molar-refractivity contribution is -0.129. The number of amides is 2. The van der Waals surface area contributed by atoms with Gasteiger partial charge in [-0.15, -0.1) is 18.2 Å². The number of terminal acetylenes is 1. The van der Waals surface area contributed by atoms with Crippen LogP contribution in [0.5, 0.6) is 0 Å². The van der Waals surface area contributed by atoms with Crippen molar-refractivity contribution in [1.82, 2.24) is 10.2 Å². The molecule has 4 nitrogen and oxygen atoms in total. The zero-order chi connectivity index (χ0) is 17.4. The van der Waals surface area contributed by atoms with Crippen molar-refractivity contribution < 1.29 is 9.59 Å². The van der Waals surface area contributed by atoms with E-state index in [0.29, 0.717) is 17.4 Å². The summed E-state index contributed by atoms with van der Waals surface area (Å²) in [7, 11) is 1.89. The Balaban J connectivity index is 1.95. The maximum Gasteiger partial charge on any atom is 0.253 e. The Kier molecular flexibility index (Phi) is 7.20. The van der Waals surface area contributed by atoms with Crippen LogP contribution in [0.3, 0.4) is 0 Å². The van der Waals surface area contributed by atoms with Gasteiger partial charge >= 0.3 is 0 Å². The van der Waals surface area contributed by atoms with Gasteiger partial charge in [-0.3, -0.25) is 9.59 Å². The molecule has 0 atom stereocenters. The van der Waals surface area contributed by atoms with Crippen molar-refractivity contribution in [2.75, 3.05) is 19.3 Å². The molecule has 0 radical (unpaired) electrons. The minimum atomic E-state index is -0.205. The summed E-state index contributed by atoms with van der Waals surface area (Å²) in [5, 5.41) is 2.67. The zero-order valence-corrected chi connectivity index (χ0v) is 14.9. The van der Waals surface area contributed by atoms with Crippen molar-refractivity contribution in [2.24, 2.45) is 0 Å². The van der Waals surface area contributed by atoms with Gasteiger partial charge in [0.15, 0.2) is 0 Å². The summed E-state index contributed by atoms with van der Waals surface area (Å²) in [5.41, 5.74) is 0.561. The smallest absolute Gasteiger partial charge is 0.253 e. The number of benzene rings is 1. The normalized spacial score (nSPS) is 14.7. The van der Waals surface area contributed by atoms with Gasteiger partial charge in [0, 0.05) is 18.0 Å². The average molecular weight is 344 g/mol. The summed E-state index contributed by atoms with van der Waals surface area (Å²) >= 11 is 1.41. The van der Waals surface area contributed by atoms with Crippen molar-refractivity contribution in [2.45, 2.75) is 43.0 Å². The largest absolute Gasteiger partial charge is 0.342 e. The van der Waals surface area contributed by atoms with E-state index in [1.54, 1.807) is 6.07 Å². The second kappa shape index (κ2) is 9.39. The summed E-state index contributed by atoms with van der Waals surface area (Å²) in [6, 6.07) is 7.66. The van der Waals surface area contributed by atoms with Crippen LogP contribution in [0.25, 0.3) is 0 Å². The quantitative estimate of drug-likeness (QED) is 0.638. The molecule has 2 amide bonds. The molecule has 1 aromatic rings. The molecule has 5 heteroatoms. The van der Waals surface area contributed by atoms with E-state index in [1.807, 2.05) is 30.1 Å². The topological polar surface area (TPSA) is 49.4 Å². The fraction of sp³-hybridized carbons (Fsp3) is 0.474. The molecule has 1 N–H and O–H groups in total. The van der Waals surface area contributed by atoms with Gasteiger partial charge in [-0.05, 0) is 25.0 Å². The van der Waals surface area contributed by atoms with Crippen LogP contribution in [0.15, 0.2) is 29.2 Å². The van der Waals surface area contributed by atoms with Gasteiger partial charge in [-0.2, -0.15) is 0 Å². The fourth-order valence-corrected chi connectivity index (χ4v) is 3.89. The van der Waals surface area contributed by atoms with Crippen molar-refractivity contribution in [3.8, 4) is 12.3 Å². The highest BCUT2D eigenvalue weighted by atomic mass is 32.2. The van der Waals surface area contributed by atoms with Crippen LogP contribution in [0.4, 0.5) is 0 Å². The second-order valence-electron chi connectivity index (χ2n) is 5.97. The van der Waals surface area contributed by atoms with Gasteiger partial charge in [-0.25, -0.2) is 0 Å².